The summed E-state index contributed by atoms with van der Waals surface area (Å²) in [6.07, 6.45) is 2.26. The minimum atomic E-state index is -0.178. The van der Waals surface area contributed by atoms with E-state index in [1.165, 1.54) is 0 Å². The third-order valence-electron chi connectivity index (χ3n) is 5.99. The minimum Gasteiger partial charge on any atom is -0.341 e. The summed E-state index contributed by atoms with van der Waals surface area (Å²) in [5.41, 5.74) is 1.99. The van der Waals surface area contributed by atoms with Crippen molar-refractivity contribution in [3.05, 3.63) is 69.5 Å². The highest BCUT2D eigenvalue weighted by Gasteiger charge is 2.21. The van der Waals surface area contributed by atoms with E-state index < -0.39 is 0 Å². The normalized spacial score (nSPS) is 15.4. The Balaban J connectivity index is 1.51. The number of benzene rings is 2. The molecule has 1 aromatic heterocycles. The maximum atomic E-state index is 12.8. The topological polar surface area (TPSA) is 56.4 Å². The van der Waals surface area contributed by atoms with Crippen molar-refractivity contribution in [2.75, 3.05) is 33.7 Å². The van der Waals surface area contributed by atoms with Gasteiger partial charge in [0.1, 0.15) is 0 Å². The Morgan fingerprint density at radius 1 is 1.13 bits per heavy atom. The van der Waals surface area contributed by atoms with Crippen molar-refractivity contribution >= 4 is 28.3 Å². The fourth-order valence-electron chi connectivity index (χ4n) is 4.13. The number of aromatic nitrogens is 1. The molecule has 1 aliphatic heterocycles. The van der Waals surface area contributed by atoms with Crippen molar-refractivity contribution in [2.24, 2.45) is 5.92 Å². The molecule has 0 saturated carbocycles. The second kappa shape index (κ2) is 8.62. The molecule has 1 N–H and O–H groups in total. The highest BCUT2D eigenvalue weighted by Crippen LogP contribution is 2.26. The zero-order valence-electron chi connectivity index (χ0n) is 17.3. The van der Waals surface area contributed by atoms with Gasteiger partial charge in [-0.05, 0) is 74.8 Å². The first-order valence-corrected chi connectivity index (χ1v) is 10.7. The first kappa shape index (κ1) is 20.6. The summed E-state index contributed by atoms with van der Waals surface area (Å²) in [4.78, 5) is 32.3. The predicted molar refractivity (Wildman–Crippen MR) is 122 cm³/mol. The van der Waals surface area contributed by atoms with Crippen LogP contribution in [0.3, 0.4) is 0 Å². The zero-order chi connectivity index (χ0) is 21.3. The van der Waals surface area contributed by atoms with Crippen molar-refractivity contribution in [2.45, 2.75) is 12.8 Å². The molecule has 6 heteroatoms. The van der Waals surface area contributed by atoms with Crippen LogP contribution in [0.5, 0.6) is 0 Å². The lowest BCUT2D eigenvalue weighted by Crippen LogP contribution is -2.37. The van der Waals surface area contributed by atoms with E-state index in [9.17, 15) is 9.59 Å². The molecule has 1 fully saturated rings. The Bertz CT molecular complexity index is 1120. The highest BCUT2D eigenvalue weighted by atomic mass is 35.5. The quantitative estimate of drug-likeness (QED) is 0.682. The molecule has 0 atom stereocenters. The van der Waals surface area contributed by atoms with Gasteiger partial charge in [0.05, 0.1) is 0 Å². The average Bonchev–Trinajstić information content (AvgIpc) is 2.75. The number of carbonyl (C=O) groups is 1. The van der Waals surface area contributed by atoms with Crippen LogP contribution in [-0.4, -0.2) is 54.4 Å². The molecule has 1 aliphatic rings. The number of hydrogen-bond acceptors (Lipinski definition) is 3. The number of rotatable bonds is 4. The number of carbonyl (C=O) groups excluding carboxylic acids is 1. The number of fused-ring (bicyclic) bond motifs is 1. The van der Waals surface area contributed by atoms with Gasteiger partial charge in [-0.2, -0.15) is 0 Å². The lowest BCUT2D eigenvalue weighted by molar-refractivity contribution is 0.0747. The Hall–Kier alpha value is -2.63. The van der Waals surface area contributed by atoms with Crippen LogP contribution in [0.4, 0.5) is 0 Å². The minimum absolute atomic E-state index is 0.0236. The van der Waals surface area contributed by atoms with Gasteiger partial charge >= 0.3 is 0 Å². The van der Waals surface area contributed by atoms with E-state index in [1.54, 1.807) is 18.2 Å². The molecule has 0 bridgehead atoms. The Morgan fingerprint density at radius 3 is 2.53 bits per heavy atom. The molecule has 2 heterocycles. The summed E-state index contributed by atoms with van der Waals surface area (Å²) in [6, 6.07) is 14.5. The number of halogens is 1. The van der Waals surface area contributed by atoms with Gasteiger partial charge in [0.2, 0.25) is 0 Å². The van der Waals surface area contributed by atoms with Crippen LogP contribution in [-0.2, 0) is 0 Å². The number of nitrogens with zero attached hydrogens (tertiary/aromatic N) is 2. The monoisotopic (exact) mass is 423 g/mol. The predicted octanol–water partition coefficient (Wildman–Crippen LogP) is 4.26. The number of aromatic amines is 1. The van der Waals surface area contributed by atoms with Crippen molar-refractivity contribution in [3.8, 4) is 11.3 Å². The highest BCUT2D eigenvalue weighted by molar-refractivity contribution is 6.35. The largest absolute Gasteiger partial charge is 0.341 e. The molecule has 0 aliphatic carbocycles. The number of hydrogen-bond donors (Lipinski definition) is 1. The van der Waals surface area contributed by atoms with Crippen LogP contribution in [0.15, 0.2) is 53.3 Å². The summed E-state index contributed by atoms with van der Waals surface area (Å²) in [5.74, 6) is 0.581. The van der Waals surface area contributed by atoms with Gasteiger partial charge in [-0.15, -0.1) is 0 Å². The van der Waals surface area contributed by atoms with Crippen LogP contribution >= 0.6 is 11.6 Å². The van der Waals surface area contributed by atoms with Crippen LogP contribution in [0.1, 0.15) is 23.2 Å². The first-order chi connectivity index (χ1) is 14.4. The van der Waals surface area contributed by atoms with E-state index in [-0.39, 0.29) is 11.5 Å². The smallest absolute Gasteiger partial charge is 0.256 e. The zero-order valence-corrected chi connectivity index (χ0v) is 18.1. The molecular weight excluding hydrogens is 398 g/mol. The number of likely N-dealkylation sites (tertiary alicyclic amines) is 1. The molecular formula is C24H26ClN3O2. The van der Waals surface area contributed by atoms with Crippen molar-refractivity contribution < 1.29 is 4.79 Å². The van der Waals surface area contributed by atoms with Gasteiger partial charge in [0, 0.05) is 40.6 Å². The summed E-state index contributed by atoms with van der Waals surface area (Å²) in [7, 11) is 4.01. The number of H-pyrrole nitrogens is 1. The van der Waals surface area contributed by atoms with E-state index in [0.29, 0.717) is 27.6 Å². The van der Waals surface area contributed by atoms with Crippen molar-refractivity contribution in [1.29, 1.82) is 0 Å². The maximum Gasteiger partial charge on any atom is 0.256 e. The van der Waals surface area contributed by atoms with Crippen LogP contribution in [0.25, 0.3) is 22.0 Å². The number of amides is 1. The summed E-state index contributed by atoms with van der Waals surface area (Å²) < 4.78 is 0. The molecule has 30 heavy (non-hydrogen) atoms. The second-order valence-electron chi connectivity index (χ2n) is 8.22. The van der Waals surface area contributed by atoms with Crippen molar-refractivity contribution in [3.63, 3.8) is 0 Å². The molecule has 1 amide bonds. The Labute approximate surface area is 181 Å². The van der Waals surface area contributed by atoms with Gasteiger partial charge in [-0.1, -0.05) is 29.8 Å². The third-order valence-corrected chi connectivity index (χ3v) is 6.32. The molecule has 0 spiro atoms. The summed E-state index contributed by atoms with van der Waals surface area (Å²) in [5, 5.41) is 1.83. The Kier molecular flexibility index (Phi) is 5.93. The molecule has 156 valence electrons. The molecule has 0 radical (unpaired) electrons. The molecule has 2 aromatic carbocycles. The van der Waals surface area contributed by atoms with Gasteiger partial charge in [-0.3, -0.25) is 9.59 Å². The molecule has 3 aromatic rings. The standard InChI is InChI=1S/C24H26ClN3O2/c1-27-12-10-16(11-13-27)15-28(2)24(30)18-8-6-17(7-9-18)22-14-20-19(23(29)26-22)4-3-5-21(20)25/h3-9,14,16H,10-13,15H2,1-2H3,(H,26,29). The molecule has 1 saturated heterocycles. The number of piperidine rings is 1. The SMILES string of the molecule is CN1CCC(CN(C)C(=O)c2ccc(-c3cc4c(Cl)cccc4c(=O)[nH]3)cc2)CC1. The lowest BCUT2D eigenvalue weighted by atomic mass is 9.96. The van der Waals surface area contributed by atoms with Gasteiger partial charge < -0.3 is 14.8 Å². The van der Waals surface area contributed by atoms with Crippen LogP contribution < -0.4 is 5.56 Å². The number of nitrogens with one attached hydrogen (secondary N) is 1. The number of pyridine rings is 1. The molecule has 4 rings (SSSR count). The van der Waals surface area contributed by atoms with Crippen LogP contribution in [0, 0.1) is 5.92 Å². The fraction of sp³-hybridized carbons (Fsp3) is 0.333. The molecule has 0 unspecified atom stereocenters. The van der Waals surface area contributed by atoms with E-state index in [1.807, 2.05) is 42.3 Å². The maximum absolute atomic E-state index is 12.8. The Morgan fingerprint density at radius 2 is 1.83 bits per heavy atom. The van der Waals surface area contributed by atoms with E-state index in [4.69, 9.17) is 11.6 Å². The van der Waals surface area contributed by atoms with Gasteiger partial charge in [-0.25, -0.2) is 0 Å². The van der Waals surface area contributed by atoms with Crippen molar-refractivity contribution in [1.82, 2.24) is 14.8 Å². The third kappa shape index (κ3) is 4.27. The van der Waals surface area contributed by atoms with E-state index in [0.717, 1.165) is 43.4 Å². The summed E-state index contributed by atoms with van der Waals surface area (Å²) in [6.45, 7) is 2.97. The van der Waals surface area contributed by atoms with E-state index in [2.05, 4.69) is 16.9 Å². The van der Waals surface area contributed by atoms with E-state index >= 15 is 0 Å². The summed E-state index contributed by atoms with van der Waals surface area (Å²) >= 11 is 6.27. The fourth-order valence-corrected chi connectivity index (χ4v) is 4.36. The lowest BCUT2D eigenvalue weighted by Gasteiger charge is -2.31. The average molecular weight is 424 g/mol. The molecule has 5 nitrogen and oxygen atoms in total. The second-order valence-corrected chi connectivity index (χ2v) is 8.63. The van der Waals surface area contributed by atoms with Crippen LogP contribution in [0.2, 0.25) is 5.02 Å². The van der Waals surface area contributed by atoms with Gasteiger partial charge in [0.25, 0.3) is 11.5 Å². The van der Waals surface area contributed by atoms with Gasteiger partial charge in [0.15, 0.2) is 0 Å². The first-order valence-electron chi connectivity index (χ1n) is 10.3.